The van der Waals surface area contributed by atoms with Crippen LogP contribution in [-0.2, 0) is 19.4 Å². The van der Waals surface area contributed by atoms with Gasteiger partial charge in [0, 0.05) is 26.2 Å². The van der Waals surface area contributed by atoms with E-state index in [4.69, 9.17) is 4.74 Å². The van der Waals surface area contributed by atoms with Gasteiger partial charge < -0.3 is 4.74 Å². The van der Waals surface area contributed by atoms with Crippen LogP contribution in [0.5, 0.6) is 0 Å². The molecule has 3 aromatic rings. The number of para-hydroxylation sites is 1. The van der Waals surface area contributed by atoms with Crippen molar-refractivity contribution in [3.8, 4) is 0 Å². The first-order valence-corrected chi connectivity index (χ1v) is 12.8. The van der Waals surface area contributed by atoms with Crippen molar-refractivity contribution in [2.75, 3.05) is 50.0 Å². The summed E-state index contributed by atoms with van der Waals surface area (Å²) < 4.78 is 45.7. The minimum Gasteiger partial charge on any atom is -0.379 e. The lowest BCUT2D eigenvalue weighted by Gasteiger charge is -2.27. The van der Waals surface area contributed by atoms with Crippen LogP contribution in [0.25, 0.3) is 10.2 Å². The lowest BCUT2D eigenvalue weighted by atomic mass is 10.3. The van der Waals surface area contributed by atoms with Crippen LogP contribution in [-0.4, -0.2) is 69.4 Å². The molecule has 0 atom stereocenters. The van der Waals surface area contributed by atoms with E-state index in [1.807, 2.05) is 0 Å². The Morgan fingerprint density at radius 1 is 1.12 bits per heavy atom. The van der Waals surface area contributed by atoms with E-state index < -0.39 is 27.3 Å². The predicted molar refractivity (Wildman–Crippen MR) is 122 cm³/mol. The van der Waals surface area contributed by atoms with E-state index in [0.717, 1.165) is 19.6 Å². The third-order valence-electron chi connectivity index (χ3n) is 5.27. The molecule has 0 N–H and O–H groups in total. The summed E-state index contributed by atoms with van der Waals surface area (Å²) in [7, 11) is -3.81. The molecule has 7 nitrogen and oxygen atoms in total. The second-order valence-corrected chi connectivity index (χ2v) is 10.5. The number of thiazole rings is 1. The van der Waals surface area contributed by atoms with Gasteiger partial charge in [-0.1, -0.05) is 35.6 Å². The van der Waals surface area contributed by atoms with Gasteiger partial charge in [-0.25, -0.2) is 17.8 Å². The molecule has 2 aromatic carbocycles. The first-order chi connectivity index (χ1) is 15.4. The third kappa shape index (κ3) is 5.32. The summed E-state index contributed by atoms with van der Waals surface area (Å²) in [6.45, 7) is 4.04. The number of benzene rings is 2. The number of carbonyl (C=O) groups is 1. The highest BCUT2D eigenvalue weighted by Gasteiger charge is 2.27. The zero-order valence-electron chi connectivity index (χ0n) is 17.4. The summed E-state index contributed by atoms with van der Waals surface area (Å²) in [6.07, 6.45) is 0.634. The minimum absolute atomic E-state index is 0.0944. The topological polar surface area (TPSA) is 79.8 Å². The molecular weight excluding hydrogens is 453 g/mol. The van der Waals surface area contributed by atoms with Gasteiger partial charge >= 0.3 is 0 Å². The fourth-order valence-electron chi connectivity index (χ4n) is 3.57. The largest absolute Gasteiger partial charge is 0.379 e. The number of sulfone groups is 1. The second-order valence-electron chi connectivity index (χ2n) is 7.51. The van der Waals surface area contributed by atoms with Crippen LogP contribution in [0.1, 0.15) is 6.42 Å². The number of hydrogen-bond donors (Lipinski definition) is 0. The predicted octanol–water partition coefficient (Wildman–Crippen LogP) is 2.96. The molecule has 0 unspecified atom stereocenters. The molecule has 1 aliphatic heterocycles. The van der Waals surface area contributed by atoms with Crippen LogP contribution in [0.2, 0.25) is 0 Å². The monoisotopic (exact) mass is 477 g/mol. The van der Waals surface area contributed by atoms with Crippen molar-refractivity contribution in [1.29, 1.82) is 0 Å². The lowest BCUT2D eigenvalue weighted by molar-refractivity contribution is -0.116. The van der Waals surface area contributed by atoms with Crippen LogP contribution in [0, 0.1) is 5.82 Å². The van der Waals surface area contributed by atoms with E-state index in [9.17, 15) is 17.6 Å². The van der Waals surface area contributed by atoms with Crippen molar-refractivity contribution < 1.29 is 22.3 Å². The van der Waals surface area contributed by atoms with Crippen LogP contribution in [0.4, 0.5) is 9.52 Å². The fraction of sp³-hybridized carbons (Fsp3) is 0.364. The van der Waals surface area contributed by atoms with E-state index in [0.29, 0.717) is 36.0 Å². The van der Waals surface area contributed by atoms with Gasteiger partial charge in [-0.05, 0) is 30.7 Å². The fourth-order valence-corrected chi connectivity index (χ4v) is 5.82. The Morgan fingerprint density at radius 3 is 2.59 bits per heavy atom. The molecule has 170 valence electrons. The van der Waals surface area contributed by atoms with Gasteiger partial charge in [0.05, 0.1) is 22.8 Å². The molecule has 0 saturated carbocycles. The van der Waals surface area contributed by atoms with Gasteiger partial charge in [-0.2, -0.15) is 0 Å². The molecule has 1 fully saturated rings. The number of hydrogen-bond acceptors (Lipinski definition) is 7. The summed E-state index contributed by atoms with van der Waals surface area (Å²) in [6, 6.07) is 12.5. The highest BCUT2D eigenvalue weighted by molar-refractivity contribution is 7.92. The zero-order chi connectivity index (χ0) is 22.6. The molecule has 0 spiro atoms. The van der Waals surface area contributed by atoms with Crippen molar-refractivity contribution in [3.05, 3.63) is 54.3 Å². The zero-order valence-corrected chi connectivity index (χ0v) is 19.1. The van der Waals surface area contributed by atoms with Crippen molar-refractivity contribution in [1.82, 2.24) is 9.88 Å². The maximum Gasteiger partial charge on any atom is 0.244 e. The van der Waals surface area contributed by atoms with E-state index >= 15 is 0 Å². The molecule has 1 amide bonds. The van der Waals surface area contributed by atoms with Gasteiger partial charge in [0.15, 0.2) is 15.0 Å². The van der Waals surface area contributed by atoms with E-state index in [-0.39, 0.29) is 10.4 Å². The normalized spacial score (nSPS) is 15.2. The Morgan fingerprint density at radius 2 is 1.88 bits per heavy atom. The summed E-state index contributed by atoms with van der Waals surface area (Å²) >= 11 is 1.18. The van der Waals surface area contributed by atoms with E-state index in [1.54, 1.807) is 30.3 Å². The van der Waals surface area contributed by atoms with E-state index in [1.165, 1.54) is 34.4 Å². The molecule has 4 rings (SSSR count). The lowest BCUT2D eigenvalue weighted by Crippen LogP contribution is -2.40. The number of halogens is 1. The molecule has 1 aromatic heterocycles. The smallest absolute Gasteiger partial charge is 0.244 e. The SMILES string of the molecule is O=C(CS(=O)(=O)c1ccccc1)N(CCCN1CCOCC1)c1nc2c(F)cccc2s1. The summed E-state index contributed by atoms with van der Waals surface area (Å²) in [4.78, 5) is 21.2. The quantitative estimate of drug-likeness (QED) is 0.496. The number of rotatable bonds is 8. The van der Waals surface area contributed by atoms with Crippen molar-refractivity contribution in [3.63, 3.8) is 0 Å². The van der Waals surface area contributed by atoms with Crippen molar-refractivity contribution in [2.24, 2.45) is 0 Å². The highest BCUT2D eigenvalue weighted by Crippen LogP contribution is 2.31. The van der Waals surface area contributed by atoms with Gasteiger partial charge in [0.2, 0.25) is 5.91 Å². The summed E-state index contributed by atoms with van der Waals surface area (Å²) in [5.74, 6) is -1.72. The van der Waals surface area contributed by atoms with Crippen LogP contribution in [0.15, 0.2) is 53.4 Å². The molecule has 10 heteroatoms. The average molecular weight is 478 g/mol. The van der Waals surface area contributed by atoms with Gasteiger partial charge in [-0.15, -0.1) is 0 Å². The number of nitrogens with zero attached hydrogens (tertiary/aromatic N) is 3. The molecule has 1 aliphatic rings. The van der Waals surface area contributed by atoms with Crippen molar-refractivity contribution >= 4 is 42.4 Å². The standard InChI is InChI=1S/C22H24FN3O4S2/c23-18-8-4-9-19-21(18)24-22(31-19)26(11-5-10-25-12-14-30-15-13-25)20(27)16-32(28,29)17-6-2-1-3-7-17/h1-4,6-9H,5,10-16H2. The minimum atomic E-state index is -3.81. The summed E-state index contributed by atoms with van der Waals surface area (Å²) in [5, 5.41) is 0.306. The number of ether oxygens (including phenoxy) is 1. The molecule has 1 saturated heterocycles. The second kappa shape index (κ2) is 10.0. The molecule has 32 heavy (non-hydrogen) atoms. The molecular formula is C22H24FN3O4S2. The Hall–Kier alpha value is -2.40. The van der Waals surface area contributed by atoms with Crippen LogP contribution < -0.4 is 4.90 Å². The molecule has 0 radical (unpaired) electrons. The first kappa shape index (κ1) is 22.8. The molecule has 0 bridgehead atoms. The third-order valence-corrected chi connectivity index (χ3v) is 7.93. The number of aromatic nitrogens is 1. The van der Waals surface area contributed by atoms with Gasteiger partial charge in [0.25, 0.3) is 0 Å². The summed E-state index contributed by atoms with van der Waals surface area (Å²) in [5.41, 5.74) is 0.185. The number of anilines is 1. The Kier molecular flexibility index (Phi) is 7.14. The Labute approximate surface area is 190 Å². The van der Waals surface area contributed by atoms with E-state index in [2.05, 4.69) is 9.88 Å². The molecule has 0 aliphatic carbocycles. The number of carbonyl (C=O) groups excluding carboxylic acids is 1. The Balaban J connectivity index is 1.55. The van der Waals surface area contributed by atoms with Gasteiger partial charge in [0.1, 0.15) is 17.1 Å². The molecule has 2 heterocycles. The highest BCUT2D eigenvalue weighted by atomic mass is 32.2. The van der Waals surface area contributed by atoms with Crippen molar-refractivity contribution in [2.45, 2.75) is 11.3 Å². The first-order valence-electron chi connectivity index (χ1n) is 10.4. The number of fused-ring (bicyclic) bond motifs is 1. The number of morpholine rings is 1. The van der Waals surface area contributed by atoms with Crippen LogP contribution in [0.3, 0.4) is 0 Å². The Bertz CT molecular complexity index is 1180. The van der Waals surface area contributed by atoms with Gasteiger partial charge in [-0.3, -0.25) is 14.6 Å². The average Bonchev–Trinajstić information content (AvgIpc) is 3.23. The maximum absolute atomic E-state index is 14.2. The number of amides is 1. The van der Waals surface area contributed by atoms with Crippen LogP contribution >= 0.6 is 11.3 Å². The maximum atomic E-state index is 14.2.